The van der Waals surface area contributed by atoms with E-state index in [4.69, 9.17) is 11.6 Å². The molecule has 1 N–H and O–H groups in total. The summed E-state index contributed by atoms with van der Waals surface area (Å²) in [6.07, 6.45) is 2.66. The van der Waals surface area contributed by atoms with Crippen LogP contribution in [0.5, 0.6) is 0 Å². The van der Waals surface area contributed by atoms with Crippen LogP contribution >= 0.6 is 11.6 Å². The predicted octanol–water partition coefficient (Wildman–Crippen LogP) is 3.10. The minimum Gasteiger partial charge on any atom is -0.352 e. The van der Waals surface area contributed by atoms with Gasteiger partial charge in [-0.3, -0.25) is 4.79 Å². The summed E-state index contributed by atoms with van der Waals surface area (Å²) in [6, 6.07) is 3.09. The predicted molar refractivity (Wildman–Crippen MR) is 63.3 cm³/mol. The van der Waals surface area contributed by atoms with E-state index in [1.54, 1.807) is 0 Å². The van der Waals surface area contributed by atoms with Gasteiger partial charge in [0.1, 0.15) is 0 Å². The van der Waals surface area contributed by atoms with Gasteiger partial charge in [0.15, 0.2) is 11.6 Å². The first-order valence-electron chi connectivity index (χ1n) is 5.44. The van der Waals surface area contributed by atoms with Gasteiger partial charge in [0.05, 0.1) is 0 Å². The number of benzene rings is 1. The molecule has 0 aliphatic rings. The SMILES string of the molecule is O=C(NCCCCCCl)c1ccc(F)c(F)c1. The Morgan fingerprint density at radius 1 is 1.18 bits per heavy atom. The van der Waals surface area contributed by atoms with Crippen LogP contribution in [0.15, 0.2) is 18.2 Å². The number of halogens is 3. The lowest BCUT2D eigenvalue weighted by atomic mass is 10.2. The van der Waals surface area contributed by atoms with Crippen LogP contribution in [0.4, 0.5) is 8.78 Å². The van der Waals surface area contributed by atoms with Crippen molar-refractivity contribution in [3.63, 3.8) is 0 Å². The molecule has 0 radical (unpaired) electrons. The fourth-order valence-corrected chi connectivity index (χ4v) is 1.53. The van der Waals surface area contributed by atoms with Gasteiger partial charge in [-0.25, -0.2) is 8.78 Å². The van der Waals surface area contributed by atoms with Crippen LogP contribution in [-0.2, 0) is 0 Å². The van der Waals surface area contributed by atoms with E-state index in [1.165, 1.54) is 6.07 Å². The Hall–Kier alpha value is -1.16. The fraction of sp³-hybridized carbons (Fsp3) is 0.417. The Morgan fingerprint density at radius 2 is 1.94 bits per heavy atom. The number of alkyl halides is 1. The second-order valence-electron chi connectivity index (χ2n) is 3.63. The lowest BCUT2D eigenvalue weighted by molar-refractivity contribution is 0.0952. The molecule has 0 saturated carbocycles. The second-order valence-corrected chi connectivity index (χ2v) is 4.01. The lowest BCUT2D eigenvalue weighted by Gasteiger charge is -2.05. The largest absolute Gasteiger partial charge is 0.352 e. The van der Waals surface area contributed by atoms with Crippen LogP contribution in [0.3, 0.4) is 0 Å². The molecule has 0 atom stereocenters. The maximum atomic E-state index is 12.9. The first-order chi connectivity index (χ1) is 8.15. The summed E-state index contributed by atoms with van der Waals surface area (Å²) in [5.41, 5.74) is 0.126. The maximum Gasteiger partial charge on any atom is 0.251 e. The number of carbonyl (C=O) groups excluding carboxylic acids is 1. The van der Waals surface area contributed by atoms with Crippen molar-refractivity contribution in [3.05, 3.63) is 35.4 Å². The highest BCUT2D eigenvalue weighted by molar-refractivity contribution is 6.17. The van der Waals surface area contributed by atoms with Gasteiger partial charge in [-0.15, -0.1) is 11.6 Å². The summed E-state index contributed by atoms with van der Waals surface area (Å²) in [5.74, 6) is -1.75. The van der Waals surface area contributed by atoms with Crippen molar-refractivity contribution < 1.29 is 13.6 Å². The van der Waals surface area contributed by atoms with Crippen LogP contribution in [0.1, 0.15) is 29.6 Å². The van der Waals surface area contributed by atoms with E-state index in [-0.39, 0.29) is 5.56 Å². The minimum absolute atomic E-state index is 0.126. The zero-order valence-corrected chi connectivity index (χ0v) is 10.1. The van der Waals surface area contributed by atoms with Crippen molar-refractivity contribution in [2.24, 2.45) is 0 Å². The van der Waals surface area contributed by atoms with Crippen LogP contribution < -0.4 is 5.32 Å². The van der Waals surface area contributed by atoms with E-state index >= 15 is 0 Å². The van der Waals surface area contributed by atoms with E-state index in [0.29, 0.717) is 12.4 Å². The molecule has 94 valence electrons. The van der Waals surface area contributed by atoms with E-state index in [1.807, 2.05) is 0 Å². The molecule has 0 bridgehead atoms. The van der Waals surface area contributed by atoms with E-state index < -0.39 is 17.5 Å². The van der Waals surface area contributed by atoms with Crippen molar-refractivity contribution in [2.45, 2.75) is 19.3 Å². The molecule has 1 aromatic rings. The monoisotopic (exact) mass is 261 g/mol. The van der Waals surface area contributed by atoms with Gasteiger partial charge in [0.25, 0.3) is 5.91 Å². The molecule has 0 aliphatic carbocycles. The Labute approximate surface area is 104 Å². The fourth-order valence-electron chi connectivity index (χ4n) is 1.34. The number of carbonyl (C=O) groups is 1. The molecule has 1 rings (SSSR count). The Morgan fingerprint density at radius 3 is 2.59 bits per heavy atom. The summed E-state index contributed by atoms with van der Waals surface area (Å²) in [4.78, 5) is 11.5. The molecule has 0 unspecified atom stereocenters. The van der Waals surface area contributed by atoms with Crippen LogP contribution in [0.25, 0.3) is 0 Å². The molecule has 0 fully saturated rings. The molecule has 0 heterocycles. The molecule has 0 aromatic heterocycles. The third-order valence-corrected chi connectivity index (χ3v) is 2.55. The van der Waals surface area contributed by atoms with Gasteiger partial charge >= 0.3 is 0 Å². The third-order valence-electron chi connectivity index (χ3n) is 2.28. The summed E-state index contributed by atoms with van der Waals surface area (Å²) < 4.78 is 25.5. The topological polar surface area (TPSA) is 29.1 Å². The number of amides is 1. The number of nitrogens with one attached hydrogen (secondary N) is 1. The Bertz CT molecular complexity index is 385. The summed E-state index contributed by atoms with van der Waals surface area (Å²) in [6.45, 7) is 0.509. The van der Waals surface area contributed by atoms with Crippen LogP contribution in [0.2, 0.25) is 0 Å². The Balaban J connectivity index is 2.39. The quantitative estimate of drug-likeness (QED) is 0.619. The first kappa shape index (κ1) is 13.9. The van der Waals surface area contributed by atoms with Crippen molar-refractivity contribution >= 4 is 17.5 Å². The molecule has 1 aromatic carbocycles. The molecular weight excluding hydrogens is 248 g/mol. The van der Waals surface area contributed by atoms with Crippen molar-refractivity contribution in [3.8, 4) is 0 Å². The van der Waals surface area contributed by atoms with Gasteiger partial charge in [-0.2, -0.15) is 0 Å². The minimum atomic E-state index is -1.01. The van der Waals surface area contributed by atoms with Gasteiger partial charge in [-0.05, 0) is 31.0 Å². The first-order valence-corrected chi connectivity index (χ1v) is 5.98. The van der Waals surface area contributed by atoms with E-state index in [0.717, 1.165) is 31.4 Å². The van der Waals surface area contributed by atoms with E-state index in [2.05, 4.69) is 5.32 Å². The third kappa shape index (κ3) is 4.69. The number of hydrogen-bond donors (Lipinski definition) is 1. The zero-order chi connectivity index (χ0) is 12.7. The van der Waals surface area contributed by atoms with Crippen molar-refractivity contribution in [1.29, 1.82) is 0 Å². The van der Waals surface area contributed by atoms with Gasteiger partial charge in [0.2, 0.25) is 0 Å². The standard InChI is InChI=1S/C12H14ClF2NO/c13-6-2-1-3-7-16-12(17)9-4-5-10(14)11(15)8-9/h4-5,8H,1-3,6-7H2,(H,16,17). The van der Waals surface area contributed by atoms with Crippen LogP contribution in [0, 0.1) is 11.6 Å². The normalized spacial score (nSPS) is 10.3. The smallest absolute Gasteiger partial charge is 0.251 e. The molecule has 5 heteroatoms. The summed E-state index contributed by atoms with van der Waals surface area (Å²) in [5, 5.41) is 2.63. The van der Waals surface area contributed by atoms with Gasteiger partial charge in [0, 0.05) is 18.0 Å². The van der Waals surface area contributed by atoms with Gasteiger partial charge < -0.3 is 5.32 Å². The maximum absolute atomic E-state index is 12.9. The molecule has 17 heavy (non-hydrogen) atoms. The molecule has 0 aliphatic heterocycles. The highest BCUT2D eigenvalue weighted by Crippen LogP contribution is 2.08. The average molecular weight is 262 g/mol. The number of rotatable bonds is 6. The summed E-state index contributed by atoms with van der Waals surface area (Å²) >= 11 is 5.51. The second kappa shape index (κ2) is 7.22. The molecule has 2 nitrogen and oxygen atoms in total. The van der Waals surface area contributed by atoms with E-state index in [9.17, 15) is 13.6 Å². The highest BCUT2D eigenvalue weighted by Gasteiger charge is 2.08. The molecular formula is C12H14ClF2NO. The molecule has 1 amide bonds. The van der Waals surface area contributed by atoms with Crippen molar-refractivity contribution in [1.82, 2.24) is 5.32 Å². The van der Waals surface area contributed by atoms with Gasteiger partial charge in [-0.1, -0.05) is 6.42 Å². The molecule has 0 spiro atoms. The molecule has 0 saturated heterocycles. The average Bonchev–Trinajstić information content (AvgIpc) is 2.32. The van der Waals surface area contributed by atoms with Crippen LogP contribution in [-0.4, -0.2) is 18.3 Å². The number of unbranched alkanes of at least 4 members (excludes halogenated alkanes) is 2. The highest BCUT2D eigenvalue weighted by atomic mass is 35.5. The number of hydrogen-bond acceptors (Lipinski definition) is 1. The lowest BCUT2D eigenvalue weighted by Crippen LogP contribution is -2.24. The Kier molecular flexibility index (Phi) is 5.91. The van der Waals surface area contributed by atoms with Crippen molar-refractivity contribution in [2.75, 3.05) is 12.4 Å². The summed E-state index contributed by atoms with van der Waals surface area (Å²) in [7, 11) is 0. The zero-order valence-electron chi connectivity index (χ0n) is 9.31.